The highest BCUT2D eigenvalue weighted by Crippen LogP contribution is 2.47. The van der Waals surface area contributed by atoms with Crippen molar-refractivity contribution in [2.75, 3.05) is 0 Å². The van der Waals surface area contributed by atoms with E-state index in [1.807, 2.05) is 0 Å². The summed E-state index contributed by atoms with van der Waals surface area (Å²) in [7, 11) is 0. The summed E-state index contributed by atoms with van der Waals surface area (Å²) in [6.45, 7) is 0. The Kier molecular flexibility index (Phi) is 1.56. The van der Waals surface area contributed by atoms with Crippen LogP contribution in [-0.4, -0.2) is 28.9 Å². The molecule has 6 nitrogen and oxygen atoms in total. The van der Waals surface area contributed by atoms with Crippen LogP contribution >= 0.6 is 0 Å². The van der Waals surface area contributed by atoms with Gasteiger partial charge in [-0.25, -0.2) is 4.79 Å². The Morgan fingerprint density at radius 1 is 1.50 bits per heavy atom. The maximum Gasteiger partial charge on any atom is 0.345 e. The summed E-state index contributed by atoms with van der Waals surface area (Å²) in [6.07, 6.45) is 3.57. The third-order valence-corrected chi connectivity index (χ3v) is 3.18. The van der Waals surface area contributed by atoms with Gasteiger partial charge in [0.1, 0.15) is 0 Å². The van der Waals surface area contributed by atoms with Crippen LogP contribution in [0, 0.1) is 11.8 Å². The summed E-state index contributed by atoms with van der Waals surface area (Å²) in [5, 5.41) is 10.1. The number of carbonyl (C=O) groups is 2. The second-order valence-electron chi connectivity index (χ2n) is 4.07. The molecular formula is C10H9NO5. The molecule has 1 aliphatic carbocycles. The van der Waals surface area contributed by atoms with Crippen molar-refractivity contribution in [3.8, 4) is 0 Å². The average molecular weight is 225 g/mol. The smallest absolute Gasteiger partial charge is 0.345 e. The number of aliphatic hydroxyl groups is 1. The molecule has 0 aromatic heterocycles. The van der Waals surface area contributed by atoms with E-state index >= 15 is 0 Å². The molecule has 0 spiro atoms. The minimum atomic E-state index is -1.69. The fourth-order valence-corrected chi connectivity index (χ4v) is 2.33. The van der Waals surface area contributed by atoms with E-state index in [0.29, 0.717) is 0 Å². The molecule has 3 N–H and O–H groups in total. The van der Waals surface area contributed by atoms with Crippen molar-refractivity contribution in [1.82, 2.24) is 0 Å². The van der Waals surface area contributed by atoms with Gasteiger partial charge in [0.2, 0.25) is 0 Å². The van der Waals surface area contributed by atoms with Crippen molar-refractivity contribution in [1.29, 1.82) is 0 Å². The third-order valence-electron chi connectivity index (χ3n) is 3.18. The lowest BCUT2D eigenvalue weighted by Gasteiger charge is -2.41. The van der Waals surface area contributed by atoms with Crippen LogP contribution in [0.15, 0.2) is 24.0 Å². The van der Waals surface area contributed by atoms with Crippen LogP contribution in [0.1, 0.15) is 0 Å². The molecule has 2 aliphatic heterocycles. The van der Waals surface area contributed by atoms with Crippen LogP contribution < -0.4 is 5.73 Å². The molecule has 1 fully saturated rings. The maximum atomic E-state index is 11.5. The molecule has 1 saturated heterocycles. The molecule has 0 saturated carbocycles. The molecule has 0 radical (unpaired) electrons. The van der Waals surface area contributed by atoms with Crippen LogP contribution in [0.5, 0.6) is 0 Å². The fraction of sp³-hybridized carbons (Fsp3) is 0.400. The number of hydrogen-bond acceptors (Lipinski definition) is 5. The van der Waals surface area contributed by atoms with Gasteiger partial charge in [0.25, 0.3) is 12.2 Å². The Morgan fingerprint density at radius 2 is 2.25 bits per heavy atom. The molecule has 4 bridgehead atoms. The van der Waals surface area contributed by atoms with Gasteiger partial charge in [-0.3, -0.25) is 4.79 Å². The first-order chi connectivity index (χ1) is 7.52. The molecule has 3 aliphatic rings. The normalized spacial score (nSPS) is 43.4. The van der Waals surface area contributed by atoms with Crippen LogP contribution in [0.4, 0.5) is 0 Å². The summed E-state index contributed by atoms with van der Waals surface area (Å²) >= 11 is 0. The molecule has 0 aromatic rings. The van der Waals surface area contributed by atoms with Gasteiger partial charge in [0, 0.05) is 5.92 Å². The predicted octanol–water partition coefficient (Wildman–Crippen LogP) is -1.20. The highest BCUT2D eigenvalue weighted by atomic mass is 16.8. The molecule has 0 unspecified atom stereocenters. The van der Waals surface area contributed by atoms with Crippen LogP contribution in [0.2, 0.25) is 0 Å². The van der Waals surface area contributed by atoms with Crippen molar-refractivity contribution >= 4 is 11.9 Å². The van der Waals surface area contributed by atoms with E-state index in [2.05, 4.69) is 0 Å². The molecule has 2 heterocycles. The first-order valence-electron chi connectivity index (χ1n) is 4.83. The second-order valence-corrected chi connectivity index (χ2v) is 4.07. The Balaban J connectivity index is 2.09. The van der Waals surface area contributed by atoms with Crippen molar-refractivity contribution in [2.24, 2.45) is 17.6 Å². The van der Waals surface area contributed by atoms with Gasteiger partial charge >= 0.3 is 5.97 Å². The first kappa shape index (κ1) is 9.41. The zero-order valence-corrected chi connectivity index (χ0v) is 8.12. The Morgan fingerprint density at radius 3 is 2.94 bits per heavy atom. The Labute approximate surface area is 90.3 Å². The highest BCUT2D eigenvalue weighted by molar-refractivity contribution is 5.91. The quantitative estimate of drug-likeness (QED) is 0.332. The number of amides is 1. The van der Waals surface area contributed by atoms with Gasteiger partial charge in [-0.15, -0.1) is 0 Å². The minimum absolute atomic E-state index is 0.0686. The Bertz CT molecular complexity index is 454. The number of primary amides is 1. The van der Waals surface area contributed by atoms with Gasteiger partial charge in [-0.1, -0.05) is 6.08 Å². The summed E-state index contributed by atoms with van der Waals surface area (Å²) in [4.78, 5) is 22.5. The molecule has 6 heteroatoms. The zero-order chi connectivity index (χ0) is 11.5. The molecule has 3 rings (SSSR count). The molecule has 84 valence electrons. The summed E-state index contributed by atoms with van der Waals surface area (Å²) in [5.74, 6) is -2.36. The third kappa shape index (κ3) is 0.943. The largest absolute Gasteiger partial charge is 0.449 e. The zero-order valence-electron chi connectivity index (χ0n) is 8.12. The SMILES string of the molecule is NC(=O)C1=C[C@H]2[C@@H]3C=C[13C@@]2(O)[13C](=O)O[C@@H]3O1. The maximum absolute atomic E-state index is 11.5. The highest BCUT2D eigenvalue weighted by Gasteiger charge is 2.59. The van der Waals surface area contributed by atoms with Gasteiger partial charge in [-0.2, -0.15) is 0 Å². The first-order valence-corrected chi connectivity index (χ1v) is 4.83. The number of hydrogen-bond donors (Lipinski definition) is 2. The van der Waals surface area contributed by atoms with Gasteiger partial charge < -0.3 is 20.3 Å². The van der Waals surface area contributed by atoms with Gasteiger partial charge in [-0.05, 0) is 12.2 Å². The monoisotopic (exact) mass is 225 g/mol. The fourth-order valence-electron chi connectivity index (χ4n) is 2.33. The van der Waals surface area contributed by atoms with Gasteiger partial charge in [0.15, 0.2) is 11.4 Å². The Hall–Kier alpha value is -1.82. The second kappa shape index (κ2) is 2.65. The van der Waals surface area contributed by atoms with E-state index in [-0.39, 0.29) is 11.7 Å². The van der Waals surface area contributed by atoms with Crippen LogP contribution in [0.3, 0.4) is 0 Å². The number of ether oxygens (including phenoxy) is 2. The van der Waals surface area contributed by atoms with E-state index < -0.39 is 29.7 Å². The summed E-state index contributed by atoms with van der Waals surface area (Å²) in [5.41, 5.74) is 3.40. The van der Waals surface area contributed by atoms with Crippen molar-refractivity contribution in [3.05, 3.63) is 24.0 Å². The van der Waals surface area contributed by atoms with Crippen molar-refractivity contribution in [3.63, 3.8) is 0 Å². The lowest BCUT2D eigenvalue weighted by Crippen LogP contribution is -2.55. The molecular weight excluding hydrogens is 216 g/mol. The van der Waals surface area contributed by atoms with Crippen LogP contribution in [0.25, 0.3) is 0 Å². The van der Waals surface area contributed by atoms with E-state index in [9.17, 15) is 14.7 Å². The predicted molar refractivity (Wildman–Crippen MR) is 49.3 cm³/mol. The van der Waals surface area contributed by atoms with Crippen LogP contribution in [-0.2, 0) is 19.1 Å². The van der Waals surface area contributed by atoms with E-state index in [0.717, 1.165) is 0 Å². The minimum Gasteiger partial charge on any atom is -0.449 e. The van der Waals surface area contributed by atoms with Gasteiger partial charge in [0.05, 0.1) is 5.92 Å². The molecule has 16 heavy (non-hydrogen) atoms. The average Bonchev–Trinajstić information content (AvgIpc) is 2.50. The van der Waals surface area contributed by atoms with E-state index in [1.54, 1.807) is 6.08 Å². The molecule has 4 atom stereocenters. The lowest BCUT2D eigenvalue weighted by molar-refractivity contribution is -0.224. The molecule has 0 aromatic carbocycles. The molecule has 1 amide bonds. The standard InChI is InChI=1S/C10H9NO5/c11-7(12)6-3-5-4-1-2-10(5,14)9(13)16-8(4)15-6/h1-5,8,14H,(H2,11,12)/t4-,5-,8-,10-/m0/s1/i9+1,10+1. The number of nitrogens with two attached hydrogens (primary N) is 1. The van der Waals surface area contributed by atoms with E-state index in [1.165, 1.54) is 12.2 Å². The number of rotatable bonds is 1. The summed E-state index contributed by atoms with van der Waals surface area (Å²) in [6, 6.07) is 0. The van der Waals surface area contributed by atoms with Crippen molar-refractivity contribution < 1.29 is 24.2 Å². The van der Waals surface area contributed by atoms with Crippen molar-refractivity contribution in [2.45, 2.75) is 11.9 Å². The number of esters is 1. The topological polar surface area (TPSA) is 98.9 Å². The number of carbonyl (C=O) groups excluding carboxylic acids is 2. The van der Waals surface area contributed by atoms with E-state index in [4.69, 9.17) is 15.2 Å². The lowest BCUT2D eigenvalue weighted by atomic mass is 9.94. The summed E-state index contributed by atoms with van der Waals surface area (Å²) < 4.78 is 10.1.